The van der Waals surface area contributed by atoms with Crippen LogP contribution < -0.4 is 5.32 Å². The fraction of sp³-hybridized carbons (Fsp3) is 0.357. The molecule has 0 atom stereocenters. The Hall–Kier alpha value is -1.75. The third kappa shape index (κ3) is 3.17. The van der Waals surface area contributed by atoms with Gasteiger partial charge < -0.3 is 9.73 Å². The quantitative estimate of drug-likeness (QED) is 0.921. The van der Waals surface area contributed by atoms with Crippen molar-refractivity contribution in [3.63, 3.8) is 0 Å². The van der Waals surface area contributed by atoms with Crippen molar-refractivity contribution in [3.05, 3.63) is 41.4 Å². The topological polar surface area (TPSA) is 38.1 Å². The van der Waals surface area contributed by atoms with Gasteiger partial charge in [0.2, 0.25) is 5.89 Å². The van der Waals surface area contributed by atoms with Gasteiger partial charge in [-0.15, -0.1) is 0 Å². The van der Waals surface area contributed by atoms with E-state index in [0.717, 1.165) is 6.07 Å². The Balaban J connectivity index is 2.25. The number of oxazole rings is 1. The van der Waals surface area contributed by atoms with Crippen molar-refractivity contribution >= 4 is 0 Å². The van der Waals surface area contributed by atoms with Crippen LogP contribution in [-0.2, 0) is 6.54 Å². The first kappa shape index (κ1) is 13.7. The number of benzene rings is 1. The van der Waals surface area contributed by atoms with Crippen molar-refractivity contribution < 1.29 is 13.2 Å². The van der Waals surface area contributed by atoms with Crippen LogP contribution in [0.5, 0.6) is 0 Å². The zero-order valence-electron chi connectivity index (χ0n) is 11.1. The lowest BCUT2D eigenvalue weighted by Gasteiger charge is -2.04. The summed E-state index contributed by atoms with van der Waals surface area (Å²) >= 11 is 0. The number of hydrogen-bond acceptors (Lipinski definition) is 3. The van der Waals surface area contributed by atoms with Gasteiger partial charge >= 0.3 is 0 Å². The molecule has 0 unspecified atom stereocenters. The Morgan fingerprint density at radius 3 is 2.68 bits per heavy atom. The van der Waals surface area contributed by atoms with Gasteiger partial charge in [0.15, 0.2) is 5.76 Å². The van der Waals surface area contributed by atoms with E-state index in [1.165, 1.54) is 12.3 Å². The first-order valence-electron chi connectivity index (χ1n) is 6.11. The smallest absolute Gasteiger partial charge is 0.208 e. The molecule has 0 aliphatic rings. The van der Waals surface area contributed by atoms with Gasteiger partial charge in [-0.2, -0.15) is 0 Å². The van der Waals surface area contributed by atoms with Crippen LogP contribution in [0.4, 0.5) is 8.78 Å². The van der Waals surface area contributed by atoms with Gasteiger partial charge in [0.05, 0.1) is 18.3 Å². The Morgan fingerprint density at radius 1 is 1.26 bits per heavy atom. The second-order valence-electron chi connectivity index (χ2n) is 4.74. The van der Waals surface area contributed by atoms with Gasteiger partial charge in [-0.3, -0.25) is 0 Å². The lowest BCUT2D eigenvalue weighted by Crippen LogP contribution is -2.21. The second kappa shape index (κ2) is 5.48. The molecule has 19 heavy (non-hydrogen) atoms. The Morgan fingerprint density at radius 2 is 2.00 bits per heavy atom. The summed E-state index contributed by atoms with van der Waals surface area (Å²) in [6, 6.07) is 2.59. The molecule has 1 N–H and O–H groups in total. The number of nitrogens with one attached hydrogen (secondary N) is 1. The largest absolute Gasteiger partial charge is 0.439 e. The van der Waals surface area contributed by atoms with Gasteiger partial charge in [0.1, 0.15) is 11.6 Å². The summed E-state index contributed by atoms with van der Waals surface area (Å²) in [5, 5.41) is 3.15. The molecule has 0 radical (unpaired) electrons. The van der Waals surface area contributed by atoms with Gasteiger partial charge in [-0.05, 0) is 18.6 Å². The summed E-state index contributed by atoms with van der Waals surface area (Å²) in [5.74, 6) is -0.434. The molecule has 0 fully saturated rings. The van der Waals surface area contributed by atoms with Crippen LogP contribution in [0.25, 0.3) is 11.3 Å². The standard InChI is InChI=1S/C14H16F2N2O/c1-8(2)17-7-14-18-6-13(19-14)10-4-9(3)11(15)5-12(10)16/h4-6,8,17H,7H2,1-3H3. The maximum absolute atomic E-state index is 13.7. The molecule has 0 aliphatic carbocycles. The van der Waals surface area contributed by atoms with E-state index in [0.29, 0.717) is 29.8 Å². The average Bonchev–Trinajstić information content (AvgIpc) is 2.80. The number of hydrogen-bond donors (Lipinski definition) is 1. The first-order valence-corrected chi connectivity index (χ1v) is 6.11. The van der Waals surface area contributed by atoms with Crippen LogP contribution >= 0.6 is 0 Å². The zero-order chi connectivity index (χ0) is 14.0. The molecule has 1 aromatic carbocycles. The molecule has 1 aromatic heterocycles. The van der Waals surface area contributed by atoms with E-state index >= 15 is 0 Å². The van der Waals surface area contributed by atoms with E-state index in [2.05, 4.69) is 10.3 Å². The van der Waals surface area contributed by atoms with E-state index in [-0.39, 0.29) is 5.56 Å². The molecule has 0 spiro atoms. The average molecular weight is 266 g/mol. The molecule has 0 amide bonds. The molecule has 1 heterocycles. The minimum Gasteiger partial charge on any atom is -0.439 e. The van der Waals surface area contributed by atoms with Crippen LogP contribution in [0, 0.1) is 18.6 Å². The molecule has 3 nitrogen and oxygen atoms in total. The first-order chi connectivity index (χ1) is 8.97. The van der Waals surface area contributed by atoms with Crippen molar-refractivity contribution in [1.82, 2.24) is 10.3 Å². The highest BCUT2D eigenvalue weighted by atomic mass is 19.1. The lowest BCUT2D eigenvalue weighted by molar-refractivity contribution is 0.457. The summed E-state index contributed by atoms with van der Waals surface area (Å²) in [7, 11) is 0. The highest BCUT2D eigenvalue weighted by Gasteiger charge is 2.13. The van der Waals surface area contributed by atoms with Crippen molar-refractivity contribution in [1.29, 1.82) is 0 Å². The van der Waals surface area contributed by atoms with Crippen LogP contribution in [0.2, 0.25) is 0 Å². The molecule has 102 valence electrons. The third-order valence-corrected chi connectivity index (χ3v) is 2.73. The molecule has 2 aromatic rings. The molecule has 0 bridgehead atoms. The normalized spacial score (nSPS) is 11.3. The molecule has 0 saturated carbocycles. The molecule has 5 heteroatoms. The monoisotopic (exact) mass is 266 g/mol. The van der Waals surface area contributed by atoms with E-state index in [1.54, 1.807) is 6.92 Å². The van der Waals surface area contributed by atoms with Crippen LogP contribution in [0.15, 0.2) is 22.7 Å². The van der Waals surface area contributed by atoms with Crippen molar-refractivity contribution in [3.8, 4) is 11.3 Å². The van der Waals surface area contributed by atoms with Gasteiger partial charge in [0, 0.05) is 12.1 Å². The summed E-state index contributed by atoms with van der Waals surface area (Å²) < 4.78 is 32.3. The van der Waals surface area contributed by atoms with Crippen LogP contribution in [0.3, 0.4) is 0 Å². The van der Waals surface area contributed by atoms with Crippen LogP contribution in [-0.4, -0.2) is 11.0 Å². The zero-order valence-corrected chi connectivity index (χ0v) is 11.1. The minimum absolute atomic E-state index is 0.224. The fourth-order valence-corrected chi connectivity index (χ4v) is 1.65. The number of halogens is 2. The van der Waals surface area contributed by atoms with Gasteiger partial charge in [0.25, 0.3) is 0 Å². The number of nitrogens with zero attached hydrogens (tertiary/aromatic N) is 1. The summed E-state index contributed by atoms with van der Waals surface area (Å²) in [5.41, 5.74) is 0.594. The summed E-state index contributed by atoms with van der Waals surface area (Å²) in [6.45, 7) is 6.06. The molecular formula is C14H16F2N2O. The summed E-state index contributed by atoms with van der Waals surface area (Å²) in [4.78, 5) is 4.07. The highest BCUT2D eigenvalue weighted by molar-refractivity contribution is 5.58. The molecule has 2 rings (SSSR count). The maximum Gasteiger partial charge on any atom is 0.208 e. The molecule has 0 aliphatic heterocycles. The van der Waals surface area contributed by atoms with Gasteiger partial charge in [-0.1, -0.05) is 13.8 Å². The Kier molecular flexibility index (Phi) is 3.95. The van der Waals surface area contributed by atoms with Crippen molar-refractivity contribution in [2.24, 2.45) is 0 Å². The van der Waals surface area contributed by atoms with E-state index < -0.39 is 11.6 Å². The SMILES string of the molecule is Cc1cc(-c2cnc(CNC(C)C)o2)c(F)cc1F. The van der Waals surface area contributed by atoms with Crippen molar-refractivity contribution in [2.45, 2.75) is 33.4 Å². The third-order valence-electron chi connectivity index (χ3n) is 2.73. The number of aryl methyl sites for hydroxylation is 1. The summed E-state index contributed by atoms with van der Waals surface area (Å²) in [6.07, 6.45) is 1.45. The van der Waals surface area contributed by atoms with E-state index in [1.807, 2.05) is 13.8 Å². The Bertz CT molecular complexity index is 579. The maximum atomic E-state index is 13.7. The predicted octanol–water partition coefficient (Wildman–Crippen LogP) is 3.43. The van der Waals surface area contributed by atoms with E-state index in [4.69, 9.17) is 4.42 Å². The molecular weight excluding hydrogens is 250 g/mol. The van der Waals surface area contributed by atoms with Crippen LogP contribution in [0.1, 0.15) is 25.3 Å². The van der Waals surface area contributed by atoms with Gasteiger partial charge in [-0.25, -0.2) is 13.8 Å². The lowest BCUT2D eigenvalue weighted by atomic mass is 10.1. The minimum atomic E-state index is -0.650. The number of rotatable bonds is 4. The molecule has 0 saturated heterocycles. The second-order valence-corrected chi connectivity index (χ2v) is 4.74. The predicted molar refractivity (Wildman–Crippen MR) is 68.6 cm³/mol. The number of aromatic nitrogens is 1. The highest BCUT2D eigenvalue weighted by Crippen LogP contribution is 2.26. The van der Waals surface area contributed by atoms with E-state index in [9.17, 15) is 8.78 Å². The Labute approximate surface area is 110 Å². The fourth-order valence-electron chi connectivity index (χ4n) is 1.65. The van der Waals surface area contributed by atoms with Crippen molar-refractivity contribution in [2.75, 3.05) is 0 Å².